The molecule has 0 aliphatic carbocycles. The van der Waals surface area contributed by atoms with Crippen LogP contribution < -0.4 is 5.32 Å². The van der Waals surface area contributed by atoms with Gasteiger partial charge in [0.2, 0.25) is 0 Å². The highest BCUT2D eigenvalue weighted by atomic mass is 19.1. The summed E-state index contributed by atoms with van der Waals surface area (Å²) in [6, 6.07) is 21.8. The number of imidazole rings is 1. The summed E-state index contributed by atoms with van der Waals surface area (Å²) in [4.78, 5) is 65.8. The number of nitrogens with one attached hydrogen (secondary N) is 1. The van der Waals surface area contributed by atoms with E-state index in [0.29, 0.717) is 5.56 Å². The lowest BCUT2D eigenvalue weighted by atomic mass is 10.1. The second-order valence-corrected chi connectivity index (χ2v) is 11.8. The second kappa shape index (κ2) is 15.3. The molecule has 1 amide bonds. The first kappa shape index (κ1) is 35.5. The number of halogens is 3. The van der Waals surface area contributed by atoms with Crippen LogP contribution in [0.15, 0.2) is 116 Å². The number of anilines is 1. The van der Waals surface area contributed by atoms with Crippen molar-refractivity contribution >= 4 is 40.8 Å². The summed E-state index contributed by atoms with van der Waals surface area (Å²) in [6.07, 6.45) is -3.31. The van der Waals surface area contributed by atoms with Gasteiger partial charge >= 0.3 is 17.9 Å². The van der Waals surface area contributed by atoms with Crippen LogP contribution in [0, 0.1) is 17.5 Å². The van der Waals surface area contributed by atoms with Crippen LogP contribution in [-0.2, 0) is 18.9 Å². The smallest absolute Gasteiger partial charge is 0.338 e. The molecule has 2 aromatic heterocycles. The van der Waals surface area contributed by atoms with Crippen molar-refractivity contribution in [2.45, 2.75) is 24.5 Å². The van der Waals surface area contributed by atoms with Crippen LogP contribution in [0.2, 0.25) is 0 Å². The zero-order valence-electron chi connectivity index (χ0n) is 27.7. The molecule has 16 heteroatoms. The zero-order valence-corrected chi connectivity index (χ0v) is 27.7. The number of hydrogen-bond acceptors (Lipinski definition) is 11. The number of benzene rings is 4. The minimum atomic E-state index is -1.52. The molecular weight excluding hydrogens is 711 g/mol. The average molecular weight is 738 g/mol. The maximum atomic E-state index is 13.7. The molecule has 0 bridgehead atoms. The first-order valence-electron chi connectivity index (χ1n) is 16.2. The van der Waals surface area contributed by atoms with Gasteiger partial charge in [-0.05, 0) is 84.9 Å². The number of carbonyl (C=O) groups excluding carboxylic acids is 4. The van der Waals surface area contributed by atoms with Gasteiger partial charge in [0.15, 0.2) is 35.4 Å². The fourth-order valence-corrected chi connectivity index (χ4v) is 5.62. The number of esters is 3. The van der Waals surface area contributed by atoms with E-state index in [9.17, 15) is 32.3 Å². The number of aromatic nitrogens is 4. The highest BCUT2D eigenvalue weighted by molar-refractivity contribution is 6.06. The van der Waals surface area contributed by atoms with Crippen molar-refractivity contribution in [1.29, 1.82) is 0 Å². The molecular formula is C38H26F3N5O8. The summed E-state index contributed by atoms with van der Waals surface area (Å²) in [5, 5.41) is 2.69. The van der Waals surface area contributed by atoms with Gasteiger partial charge < -0.3 is 24.3 Å². The minimum Gasteiger partial charge on any atom is -0.459 e. The van der Waals surface area contributed by atoms with E-state index >= 15 is 0 Å². The Hall–Kier alpha value is -6.94. The molecule has 54 heavy (non-hydrogen) atoms. The summed E-state index contributed by atoms with van der Waals surface area (Å²) in [5.41, 5.74) is 0.430. The molecule has 0 spiro atoms. The lowest BCUT2D eigenvalue weighted by molar-refractivity contribution is -0.0606. The summed E-state index contributed by atoms with van der Waals surface area (Å²) in [5.74, 6) is -5.04. The number of carbonyl (C=O) groups is 4. The molecule has 3 heterocycles. The van der Waals surface area contributed by atoms with Crippen molar-refractivity contribution in [3.05, 3.63) is 155 Å². The molecule has 6 aromatic rings. The van der Waals surface area contributed by atoms with E-state index in [2.05, 4.69) is 20.3 Å². The van der Waals surface area contributed by atoms with Crippen LogP contribution in [0.25, 0.3) is 11.2 Å². The quantitative estimate of drug-likeness (QED) is 0.136. The van der Waals surface area contributed by atoms with Crippen LogP contribution in [0.3, 0.4) is 0 Å². The number of rotatable bonds is 10. The summed E-state index contributed by atoms with van der Waals surface area (Å²) >= 11 is 0. The average Bonchev–Trinajstić information content (AvgIpc) is 3.76. The van der Waals surface area contributed by atoms with Crippen molar-refractivity contribution in [3.8, 4) is 0 Å². The first-order valence-corrected chi connectivity index (χ1v) is 16.2. The molecule has 1 aliphatic rings. The largest absolute Gasteiger partial charge is 0.459 e. The van der Waals surface area contributed by atoms with Gasteiger partial charge in [-0.1, -0.05) is 18.2 Å². The molecule has 1 fully saturated rings. The summed E-state index contributed by atoms with van der Waals surface area (Å²) < 4.78 is 65.9. The first-order chi connectivity index (χ1) is 26.1. The van der Waals surface area contributed by atoms with E-state index < -0.39 is 72.4 Å². The molecule has 0 unspecified atom stereocenters. The third-order valence-corrected chi connectivity index (χ3v) is 8.29. The normalized spacial score (nSPS) is 17.8. The molecule has 0 saturated carbocycles. The van der Waals surface area contributed by atoms with Gasteiger partial charge in [0.25, 0.3) is 5.91 Å². The Kier molecular flexibility index (Phi) is 10.1. The highest BCUT2D eigenvalue weighted by Gasteiger charge is 2.52. The van der Waals surface area contributed by atoms with Crippen molar-refractivity contribution in [3.63, 3.8) is 0 Å². The van der Waals surface area contributed by atoms with E-state index in [0.717, 1.165) is 42.7 Å². The van der Waals surface area contributed by atoms with E-state index in [1.807, 2.05) is 0 Å². The highest BCUT2D eigenvalue weighted by Crippen LogP contribution is 2.37. The number of amides is 1. The van der Waals surface area contributed by atoms with Crippen LogP contribution in [0.5, 0.6) is 0 Å². The monoisotopic (exact) mass is 737 g/mol. The third kappa shape index (κ3) is 7.63. The third-order valence-electron chi connectivity index (χ3n) is 8.29. The van der Waals surface area contributed by atoms with Crippen molar-refractivity contribution in [2.24, 2.45) is 0 Å². The molecule has 0 radical (unpaired) electrons. The van der Waals surface area contributed by atoms with Crippen LogP contribution >= 0.6 is 0 Å². The maximum Gasteiger partial charge on any atom is 0.338 e. The molecule has 272 valence electrons. The molecule has 4 aromatic carbocycles. The molecule has 1 aliphatic heterocycles. The van der Waals surface area contributed by atoms with E-state index in [-0.39, 0.29) is 33.7 Å². The lowest BCUT2D eigenvalue weighted by Gasteiger charge is -2.25. The van der Waals surface area contributed by atoms with E-state index in [1.54, 1.807) is 30.3 Å². The standard InChI is InChI=1S/C38H26F3N5O8/c39-25-12-6-22(7-13-25)36(48)51-18-28-30(53-37(49)23-8-14-26(40)15-9-23)31(54-38(50)24-10-16-27(41)17-11-24)35(52-28)46-20-44-29-32(42-19-43-33(29)46)45-34(47)21-4-2-1-3-5-21/h1-17,19-20,28,30-31,35H,18H2,(H,42,43,45,47)/t28-,30+,31-,35-/m0/s1. The van der Waals surface area contributed by atoms with Crippen molar-refractivity contribution in [2.75, 3.05) is 11.9 Å². The van der Waals surface area contributed by atoms with Gasteiger partial charge in [-0.2, -0.15) is 0 Å². The molecule has 7 rings (SSSR count). The van der Waals surface area contributed by atoms with Gasteiger partial charge in [0.05, 0.1) is 23.0 Å². The Labute approximate surface area is 303 Å². The van der Waals surface area contributed by atoms with E-state index in [1.165, 1.54) is 47.3 Å². The van der Waals surface area contributed by atoms with Gasteiger partial charge in [-0.25, -0.2) is 42.5 Å². The number of nitrogens with zero attached hydrogens (tertiary/aromatic N) is 4. The second-order valence-electron chi connectivity index (χ2n) is 11.8. The van der Waals surface area contributed by atoms with Crippen LogP contribution in [-0.4, -0.2) is 68.3 Å². The molecule has 1 N–H and O–H groups in total. The molecule has 1 saturated heterocycles. The predicted molar refractivity (Wildman–Crippen MR) is 182 cm³/mol. The Morgan fingerprint density at radius 3 is 1.76 bits per heavy atom. The number of fused-ring (bicyclic) bond motifs is 1. The Balaban J connectivity index is 1.25. The van der Waals surface area contributed by atoms with Crippen LogP contribution in [0.4, 0.5) is 19.0 Å². The Morgan fingerprint density at radius 1 is 0.648 bits per heavy atom. The molecule has 13 nitrogen and oxygen atoms in total. The van der Waals surface area contributed by atoms with Crippen LogP contribution in [0.1, 0.15) is 47.7 Å². The minimum absolute atomic E-state index is 0.00692. The van der Waals surface area contributed by atoms with Gasteiger partial charge in [0.1, 0.15) is 36.5 Å². The van der Waals surface area contributed by atoms with Gasteiger partial charge in [0, 0.05) is 5.56 Å². The maximum absolute atomic E-state index is 13.7. The van der Waals surface area contributed by atoms with Gasteiger partial charge in [-0.3, -0.25) is 9.36 Å². The van der Waals surface area contributed by atoms with E-state index in [4.69, 9.17) is 18.9 Å². The topological polar surface area (TPSA) is 161 Å². The Morgan fingerprint density at radius 2 is 1.19 bits per heavy atom. The Bertz CT molecular complexity index is 2320. The predicted octanol–water partition coefficient (Wildman–Crippen LogP) is 5.70. The van der Waals surface area contributed by atoms with Crippen molar-refractivity contribution in [1.82, 2.24) is 19.5 Å². The molecule has 4 atom stereocenters. The van der Waals surface area contributed by atoms with Gasteiger partial charge in [-0.15, -0.1) is 0 Å². The zero-order chi connectivity index (χ0) is 37.8. The SMILES string of the molecule is O=C(Nc1ncnc2c1ncn2[C@H]1O[C@@H](COC(=O)c2ccc(F)cc2)[C@@H](OC(=O)c2ccc(F)cc2)[C@@H]1OC(=O)c1ccc(F)cc1)c1ccccc1. The number of hydrogen-bond donors (Lipinski definition) is 1. The summed E-state index contributed by atoms with van der Waals surface area (Å²) in [6.45, 7) is -0.571. The van der Waals surface area contributed by atoms with Crippen molar-refractivity contribution < 1.29 is 51.3 Å². The number of ether oxygens (including phenoxy) is 4. The lowest BCUT2D eigenvalue weighted by Crippen LogP contribution is -2.41. The summed E-state index contributed by atoms with van der Waals surface area (Å²) in [7, 11) is 0. The fourth-order valence-electron chi connectivity index (χ4n) is 5.62. The fraction of sp³-hybridized carbons (Fsp3) is 0.132.